The molecule has 0 aliphatic carbocycles. The van der Waals surface area contributed by atoms with Gasteiger partial charge in [-0.25, -0.2) is 12.7 Å². The van der Waals surface area contributed by atoms with Crippen LogP contribution >= 0.6 is 24.0 Å². The Morgan fingerprint density at radius 2 is 1.74 bits per heavy atom. The van der Waals surface area contributed by atoms with E-state index in [0.29, 0.717) is 25.6 Å². The van der Waals surface area contributed by atoms with Crippen LogP contribution in [0.5, 0.6) is 0 Å². The molecule has 9 heteroatoms. The smallest absolute Gasteiger partial charge is 0.211 e. The predicted octanol–water partition coefficient (Wildman–Crippen LogP) is 2.91. The van der Waals surface area contributed by atoms with Crippen molar-refractivity contribution in [3.8, 4) is 0 Å². The number of nitrogens with one attached hydrogen (secondary N) is 2. The summed E-state index contributed by atoms with van der Waals surface area (Å²) in [5, 5.41) is 6.83. The van der Waals surface area contributed by atoms with Gasteiger partial charge < -0.3 is 10.6 Å². The molecule has 1 unspecified atom stereocenters. The summed E-state index contributed by atoms with van der Waals surface area (Å²) in [6.07, 6.45) is 3.05. The van der Waals surface area contributed by atoms with E-state index < -0.39 is 10.0 Å². The first-order valence-electron chi connectivity index (χ1n) is 11.1. The Balaban J connectivity index is 0.00000480. The van der Waals surface area contributed by atoms with Gasteiger partial charge in [-0.1, -0.05) is 44.2 Å². The quantitative estimate of drug-likeness (QED) is 0.259. The van der Waals surface area contributed by atoms with E-state index >= 15 is 0 Å². The average molecular weight is 566 g/mol. The van der Waals surface area contributed by atoms with E-state index in [1.807, 2.05) is 6.07 Å². The molecule has 1 aromatic rings. The van der Waals surface area contributed by atoms with Gasteiger partial charge in [0.25, 0.3) is 0 Å². The van der Waals surface area contributed by atoms with Crippen molar-refractivity contribution in [1.29, 1.82) is 0 Å². The van der Waals surface area contributed by atoms with Crippen LogP contribution in [0.1, 0.15) is 45.2 Å². The van der Waals surface area contributed by atoms with Crippen LogP contribution in [-0.4, -0.2) is 75.7 Å². The molecule has 0 radical (unpaired) electrons. The monoisotopic (exact) mass is 565 g/mol. The van der Waals surface area contributed by atoms with Gasteiger partial charge in [0, 0.05) is 26.2 Å². The number of hydrogen-bond acceptors (Lipinski definition) is 4. The molecule has 0 bridgehead atoms. The van der Waals surface area contributed by atoms with Crippen molar-refractivity contribution in [3.05, 3.63) is 35.9 Å². The number of nitrogens with zero attached hydrogens (tertiary/aromatic N) is 3. The number of likely N-dealkylation sites (N-methyl/N-ethyl adjacent to an activating group) is 1. The lowest BCUT2D eigenvalue weighted by molar-refractivity contribution is 0.224. The fraction of sp³-hybridized carbons (Fsp3) is 0.682. The van der Waals surface area contributed by atoms with Gasteiger partial charge >= 0.3 is 0 Å². The largest absolute Gasteiger partial charge is 0.357 e. The predicted molar refractivity (Wildman–Crippen MR) is 141 cm³/mol. The van der Waals surface area contributed by atoms with Crippen LogP contribution in [-0.2, 0) is 10.0 Å². The van der Waals surface area contributed by atoms with Crippen LogP contribution in [0.2, 0.25) is 0 Å². The third kappa shape index (κ3) is 9.23. The molecule has 0 amide bonds. The number of piperidine rings is 1. The molecule has 7 nitrogen and oxygen atoms in total. The van der Waals surface area contributed by atoms with Gasteiger partial charge in [0.15, 0.2) is 5.96 Å². The van der Waals surface area contributed by atoms with Gasteiger partial charge in [-0.3, -0.25) is 9.89 Å². The maximum Gasteiger partial charge on any atom is 0.211 e. The molecular weight excluding hydrogens is 525 g/mol. The molecule has 1 aliphatic rings. The minimum Gasteiger partial charge on any atom is -0.357 e. The number of aliphatic imine (C=N–C) groups is 1. The first-order chi connectivity index (χ1) is 14.4. The van der Waals surface area contributed by atoms with E-state index in [-0.39, 0.29) is 30.0 Å². The lowest BCUT2D eigenvalue weighted by Gasteiger charge is -2.31. The molecule has 31 heavy (non-hydrogen) atoms. The summed E-state index contributed by atoms with van der Waals surface area (Å²) in [6, 6.07) is 10.8. The van der Waals surface area contributed by atoms with Crippen molar-refractivity contribution in [1.82, 2.24) is 19.8 Å². The fourth-order valence-electron chi connectivity index (χ4n) is 3.98. The summed E-state index contributed by atoms with van der Waals surface area (Å²) in [5.41, 5.74) is 1.29. The number of rotatable bonds is 10. The van der Waals surface area contributed by atoms with Gasteiger partial charge in [0.05, 0.1) is 18.8 Å². The lowest BCUT2D eigenvalue weighted by atomic mass is 9.98. The Hall–Kier alpha value is -0.910. The minimum absolute atomic E-state index is 0. The van der Waals surface area contributed by atoms with Gasteiger partial charge in [-0.15, -0.1) is 24.0 Å². The van der Waals surface area contributed by atoms with Crippen molar-refractivity contribution in [2.75, 3.05) is 52.1 Å². The van der Waals surface area contributed by atoms with E-state index in [0.717, 1.165) is 45.0 Å². The summed E-state index contributed by atoms with van der Waals surface area (Å²) >= 11 is 0. The third-order valence-electron chi connectivity index (χ3n) is 5.80. The van der Waals surface area contributed by atoms with Crippen LogP contribution in [0.25, 0.3) is 0 Å². The summed E-state index contributed by atoms with van der Waals surface area (Å²) in [6.45, 7) is 11.9. The molecule has 0 saturated carbocycles. The van der Waals surface area contributed by atoms with Crippen molar-refractivity contribution < 1.29 is 8.42 Å². The highest BCUT2D eigenvalue weighted by Gasteiger charge is 2.25. The fourth-order valence-corrected chi connectivity index (χ4v) is 4.85. The maximum absolute atomic E-state index is 11.7. The Bertz CT molecular complexity index is 748. The zero-order valence-electron chi connectivity index (χ0n) is 19.4. The van der Waals surface area contributed by atoms with E-state index in [1.165, 1.54) is 11.8 Å². The van der Waals surface area contributed by atoms with Crippen molar-refractivity contribution in [3.63, 3.8) is 0 Å². The number of hydrogen-bond donors (Lipinski definition) is 2. The molecule has 1 aromatic carbocycles. The van der Waals surface area contributed by atoms with Crippen LogP contribution in [0.4, 0.5) is 0 Å². The number of benzene rings is 1. The Morgan fingerprint density at radius 3 is 2.26 bits per heavy atom. The second kappa shape index (κ2) is 14.3. The second-order valence-corrected chi connectivity index (χ2v) is 9.84. The number of halogens is 1. The summed E-state index contributed by atoms with van der Waals surface area (Å²) in [5.74, 6) is 1.29. The van der Waals surface area contributed by atoms with E-state index in [4.69, 9.17) is 4.99 Å². The summed E-state index contributed by atoms with van der Waals surface area (Å²) in [7, 11) is -3.07. The Labute approximate surface area is 206 Å². The minimum atomic E-state index is -3.07. The molecule has 1 heterocycles. The highest BCUT2D eigenvalue weighted by Crippen LogP contribution is 2.21. The van der Waals surface area contributed by atoms with Crippen molar-refractivity contribution >= 4 is 40.0 Å². The normalized spacial score (nSPS) is 17.3. The standard InChI is InChI=1S/C22H39N5O2S.HI/c1-5-23-22(24-17-19-13-15-27(16-14-19)30(4,28)29)25-18-21(26(6-2)7-3)20-11-9-8-10-12-20;/h8-12,19,21H,5-7,13-18H2,1-4H3,(H2,23,24,25);1H. The molecule has 178 valence electrons. The second-order valence-electron chi connectivity index (χ2n) is 7.85. The maximum atomic E-state index is 11.7. The topological polar surface area (TPSA) is 77.0 Å². The lowest BCUT2D eigenvalue weighted by Crippen LogP contribution is -2.44. The Morgan fingerprint density at radius 1 is 1.13 bits per heavy atom. The molecular formula is C22H40IN5O2S. The van der Waals surface area contributed by atoms with Gasteiger partial charge in [0.1, 0.15) is 0 Å². The Kier molecular flexibility index (Phi) is 13.0. The highest BCUT2D eigenvalue weighted by atomic mass is 127. The van der Waals surface area contributed by atoms with Crippen molar-refractivity contribution in [2.24, 2.45) is 10.9 Å². The van der Waals surface area contributed by atoms with Crippen LogP contribution < -0.4 is 10.6 Å². The van der Waals surface area contributed by atoms with Gasteiger partial charge in [-0.2, -0.15) is 0 Å². The zero-order chi connectivity index (χ0) is 22.0. The number of sulfonamides is 1. The first kappa shape index (κ1) is 28.1. The van der Waals surface area contributed by atoms with Crippen LogP contribution in [0, 0.1) is 5.92 Å². The van der Waals surface area contributed by atoms with Crippen molar-refractivity contribution in [2.45, 2.75) is 39.7 Å². The molecule has 1 saturated heterocycles. The average Bonchev–Trinajstić information content (AvgIpc) is 2.75. The SMILES string of the molecule is CCNC(=NCC(c1ccccc1)N(CC)CC)NCC1CCN(S(C)(=O)=O)CC1.I. The van der Waals surface area contributed by atoms with Crippen LogP contribution in [0.15, 0.2) is 35.3 Å². The molecule has 0 spiro atoms. The van der Waals surface area contributed by atoms with E-state index in [1.54, 1.807) is 4.31 Å². The third-order valence-corrected chi connectivity index (χ3v) is 7.11. The van der Waals surface area contributed by atoms with E-state index in [2.05, 4.69) is 60.6 Å². The zero-order valence-corrected chi connectivity index (χ0v) is 22.5. The molecule has 2 rings (SSSR count). The van der Waals surface area contributed by atoms with Crippen LogP contribution in [0.3, 0.4) is 0 Å². The summed E-state index contributed by atoms with van der Waals surface area (Å²) < 4.78 is 25.0. The molecule has 0 aromatic heterocycles. The first-order valence-corrected chi connectivity index (χ1v) is 13.0. The van der Waals surface area contributed by atoms with E-state index in [9.17, 15) is 8.42 Å². The highest BCUT2D eigenvalue weighted by molar-refractivity contribution is 14.0. The van der Waals surface area contributed by atoms with Gasteiger partial charge in [-0.05, 0) is 44.3 Å². The summed E-state index contributed by atoms with van der Waals surface area (Å²) in [4.78, 5) is 7.33. The number of guanidine groups is 1. The molecule has 1 atom stereocenters. The molecule has 1 fully saturated rings. The molecule has 2 N–H and O–H groups in total. The van der Waals surface area contributed by atoms with Gasteiger partial charge in [0.2, 0.25) is 10.0 Å². The molecule has 1 aliphatic heterocycles.